The van der Waals surface area contributed by atoms with Crippen LogP contribution in [0.1, 0.15) is 27.2 Å². The molecule has 1 aromatic rings. The van der Waals surface area contributed by atoms with E-state index in [1.54, 1.807) is 19.9 Å². The summed E-state index contributed by atoms with van der Waals surface area (Å²) >= 11 is 0. The third-order valence-electron chi connectivity index (χ3n) is 2.55. The van der Waals surface area contributed by atoms with Crippen LogP contribution in [0, 0.1) is 5.82 Å². The molecule has 16 heavy (non-hydrogen) atoms. The molecule has 0 saturated heterocycles. The standard InChI is InChI=1S/C13H20FNO/c1-4-15(9-8-13(2,3)16)12-7-5-6-11(14)10-12/h5-7,10,16H,4,8-9H2,1-3H3. The summed E-state index contributed by atoms with van der Waals surface area (Å²) in [6, 6.07) is 6.55. The van der Waals surface area contributed by atoms with E-state index in [4.69, 9.17) is 0 Å². The molecule has 0 aromatic heterocycles. The van der Waals surface area contributed by atoms with Crippen molar-refractivity contribution in [2.24, 2.45) is 0 Å². The predicted octanol–water partition coefficient (Wildman–Crippen LogP) is 2.81. The van der Waals surface area contributed by atoms with E-state index in [1.165, 1.54) is 12.1 Å². The van der Waals surface area contributed by atoms with Gasteiger partial charge >= 0.3 is 0 Å². The van der Waals surface area contributed by atoms with Crippen LogP contribution in [0.15, 0.2) is 24.3 Å². The maximum Gasteiger partial charge on any atom is 0.125 e. The minimum Gasteiger partial charge on any atom is -0.390 e. The summed E-state index contributed by atoms with van der Waals surface area (Å²) in [6.45, 7) is 7.12. The fourth-order valence-corrected chi connectivity index (χ4v) is 1.55. The summed E-state index contributed by atoms with van der Waals surface area (Å²) in [5, 5.41) is 9.66. The van der Waals surface area contributed by atoms with Crippen molar-refractivity contribution in [3.05, 3.63) is 30.1 Å². The quantitative estimate of drug-likeness (QED) is 0.833. The van der Waals surface area contributed by atoms with Gasteiger partial charge in [-0.2, -0.15) is 0 Å². The van der Waals surface area contributed by atoms with Gasteiger partial charge in [-0.25, -0.2) is 4.39 Å². The molecule has 0 saturated carbocycles. The van der Waals surface area contributed by atoms with E-state index in [0.29, 0.717) is 6.42 Å². The molecule has 0 spiro atoms. The minimum atomic E-state index is -0.680. The van der Waals surface area contributed by atoms with Crippen LogP contribution in [0.5, 0.6) is 0 Å². The van der Waals surface area contributed by atoms with Gasteiger partial charge in [0, 0.05) is 18.8 Å². The average molecular weight is 225 g/mol. The molecule has 90 valence electrons. The van der Waals surface area contributed by atoms with E-state index in [0.717, 1.165) is 18.8 Å². The lowest BCUT2D eigenvalue weighted by Gasteiger charge is -2.27. The number of aliphatic hydroxyl groups is 1. The number of halogens is 1. The van der Waals surface area contributed by atoms with E-state index < -0.39 is 5.60 Å². The molecule has 1 aromatic carbocycles. The van der Waals surface area contributed by atoms with Crippen molar-refractivity contribution < 1.29 is 9.50 Å². The molecule has 0 fully saturated rings. The topological polar surface area (TPSA) is 23.5 Å². The highest BCUT2D eigenvalue weighted by Gasteiger charge is 2.14. The van der Waals surface area contributed by atoms with Gasteiger partial charge in [0.05, 0.1) is 5.60 Å². The summed E-state index contributed by atoms with van der Waals surface area (Å²) in [5.41, 5.74) is 0.188. The first-order chi connectivity index (χ1) is 7.42. The smallest absolute Gasteiger partial charge is 0.125 e. The Balaban J connectivity index is 2.68. The van der Waals surface area contributed by atoms with E-state index in [1.807, 2.05) is 13.0 Å². The molecule has 0 amide bonds. The van der Waals surface area contributed by atoms with E-state index in [-0.39, 0.29) is 5.82 Å². The number of benzene rings is 1. The van der Waals surface area contributed by atoms with Crippen molar-refractivity contribution in [2.75, 3.05) is 18.0 Å². The van der Waals surface area contributed by atoms with Crippen molar-refractivity contribution >= 4 is 5.69 Å². The first-order valence-electron chi connectivity index (χ1n) is 5.65. The second kappa shape index (κ2) is 5.30. The first kappa shape index (κ1) is 13.0. The van der Waals surface area contributed by atoms with Crippen molar-refractivity contribution in [2.45, 2.75) is 32.8 Å². The summed E-state index contributed by atoms with van der Waals surface area (Å²) in [7, 11) is 0. The molecule has 2 nitrogen and oxygen atoms in total. The van der Waals surface area contributed by atoms with Gasteiger partial charge in [-0.3, -0.25) is 0 Å². The van der Waals surface area contributed by atoms with Crippen LogP contribution in [-0.2, 0) is 0 Å². The molecule has 0 aliphatic rings. The van der Waals surface area contributed by atoms with Crippen LogP contribution in [0.25, 0.3) is 0 Å². The summed E-state index contributed by atoms with van der Waals surface area (Å²) in [6.07, 6.45) is 0.664. The molecular formula is C13H20FNO. The fourth-order valence-electron chi connectivity index (χ4n) is 1.55. The lowest BCUT2D eigenvalue weighted by atomic mass is 10.1. The number of hydrogen-bond donors (Lipinski definition) is 1. The van der Waals surface area contributed by atoms with Gasteiger partial charge in [0.15, 0.2) is 0 Å². The SMILES string of the molecule is CCN(CCC(C)(C)O)c1cccc(F)c1. The third-order valence-corrected chi connectivity index (χ3v) is 2.55. The summed E-state index contributed by atoms with van der Waals surface area (Å²) in [4.78, 5) is 2.06. The van der Waals surface area contributed by atoms with Gasteiger partial charge in [0.1, 0.15) is 5.82 Å². The molecular weight excluding hydrogens is 205 g/mol. The number of anilines is 1. The van der Waals surface area contributed by atoms with Crippen LogP contribution in [0.2, 0.25) is 0 Å². The lowest BCUT2D eigenvalue weighted by molar-refractivity contribution is 0.0731. The molecule has 1 N–H and O–H groups in total. The maximum atomic E-state index is 13.1. The largest absolute Gasteiger partial charge is 0.390 e. The molecule has 0 radical (unpaired) electrons. The molecule has 0 unspecified atom stereocenters. The van der Waals surface area contributed by atoms with Gasteiger partial charge in [0.25, 0.3) is 0 Å². The fraction of sp³-hybridized carbons (Fsp3) is 0.538. The Hall–Kier alpha value is -1.09. The Morgan fingerprint density at radius 1 is 1.38 bits per heavy atom. The van der Waals surface area contributed by atoms with E-state index in [9.17, 15) is 9.50 Å². The van der Waals surface area contributed by atoms with Gasteiger partial charge in [-0.05, 0) is 45.4 Å². The van der Waals surface area contributed by atoms with Gasteiger partial charge in [0.2, 0.25) is 0 Å². The average Bonchev–Trinajstić information content (AvgIpc) is 2.17. The molecule has 1 rings (SSSR count). The highest BCUT2D eigenvalue weighted by molar-refractivity contribution is 5.46. The Bertz CT molecular complexity index is 333. The minimum absolute atomic E-state index is 0.223. The van der Waals surface area contributed by atoms with Crippen molar-refractivity contribution in [3.8, 4) is 0 Å². The highest BCUT2D eigenvalue weighted by Crippen LogP contribution is 2.17. The van der Waals surface area contributed by atoms with Crippen molar-refractivity contribution in [1.29, 1.82) is 0 Å². The van der Waals surface area contributed by atoms with Crippen LogP contribution < -0.4 is 4.90 Å². The number of nitrogens with zero attached hydrogens (tertiary/aromatic N) is 1. The second-order valence-corrected chi connectivity index (χ2v) is 4.62. The molecule has 0 aliphatic carbocycles. The maximum absolute atomic E-state index is 13.1. The Kier molecular flexibility index (Phi) is 4.30. The van der Waals surface area contributed by atoms with Gasteiger partial charge < -0.3 is 10.0 Å². The van der Waals surface area contributed by atoms with E-state index in [2.05, 4.69) is 4.90 Å². The Morgan fingerprint density at radius 3 is 2.56 bits per heavy atom. The molecule has 0 bridgehead atoms. The monoisotopic (exact) mass is 225 g/mol. The normalized spacial score (nSPS) is 11.6. The van der Waals surface area contributed by atoms with Crippen LogP contribution in [0.4, 0.5) is 10.1 Å². The van der Waals surface area contributed by atoms with Gasteiger partial charge in [-0.15, -0.1) is 0 Å². The van der Waals surface area contributed by atoms with Crippen LogP contribution in [-0.4, -0.2) is 23.8 Å². The second-order valence-electron chi connectivity index (χ2n) is 4.62. The third kappa shape index (κ3) is 4.19. The van der Waals surface area contributed by atoms with E-state index >= 15 is 0 Å². The lowest BCUT2D eigenvalue weighted by Crippen LogP contribution is -2.30. The molecule has 0 heterocycles. The Morgan fingerprint density at radius 2 is 2.06 bits per heavy atom. The summed E-state index contributed by atoms with van der Waals surface area (Å²) in [5.74, 6) is -0.223. The zero-order chi connectivity index (χ0) is 12.2. The zero-order valence-electron chi connectivity index (χ0n) is 10.2. The summed E-state index contributed by atoms with van der Waals surface area (Å²) < 4.78 is 13.1. The van der Waals surface area contributed by atoms with Crippen molar-refractivity contribution in [1.82, 2.24) is 0 Å². The van der Waals surface area contributed by atoms with Crippen LogP contribution in [0.3, 0.4) is 0 Å². The molecule has 0 atom stereocenters. The number of rotatable bonds is 5. The number of hydrogen-bond acceptors (Lipinski definition) is 2. The van der Waals surface area contributed by atoms with Crippen molar-refractivity contribution in [3.63, 3.8) is 0 Å². The Labute approximate surface area is 96.7 Å². The first-order valence-corrected chi connectivity index (χ1v) is 5.65. The predicted molar refractivity (Wildman–Crippen MR) is 65.2 cm³/mol. The highest BCUT2D eigenvalue weighted by atomic mass is 19.1. The molecule has 0 aliphatic heterocycles. The van der Waals surface area contributed by atoms with Gasteiger partial charge in [-0.1, -0.05) is 6.07 Å². The van der Waals surface area contributed by atoms with Crippen LogP contribution >= 0.6 is 0 Å². The molecule has 3 heteroatoms. The zero-order valence-corrected chi connectivity index (χ0v) is 10.2.